The van der Waals surface area contributed by atoms with Gasteiger partial charge in [0.25, 0.3) is 5.91 Å². The lowest BCUT2D eigenvalue weighted by Crippen LogP contribution is -2.42. The molecule has 0 aromatic heterocycles. The fraction of sp³-hybridized carbons (Fsp3) is 0.0667. The first kappa shape index (κ1) is 15.2. The van der Waals surface area contributed by atoms with Crippen LogP contribution in [0.15, 0.2) is 53.0 Å². The number of carbonyl (C=O) groups excluding carboxylic acids is 2. The molecular formula is C15H12BrFN2O2. The number of rotatable bonds is 3. The molecule has 0 aliphatic carbocycles. The van der Waals surface area contributed by atoms with Gasteiger partial charge in [-0.15, -0.1) is 0 Å². The van der Waals surface area contributed by atoms with Crippen LogP contribution in [-0.2, 0) is 11.2 Å². The fourth-order valence-corrected chi connectivity index (χ4v) is 1.90. The van der Waals surface area contributed by atoms with E-state index in [1.807, 2.05) is 0 Å². The minimum atomic E-state index is -0.407. The lowest BCUT2D eigenvalue weighted by atomic mass is 10.1. The van der Waals surface area contributed by atoms with E-state index in [1.165, 1.54) is 24.3 Å². The second-order valence-corrected chi connectivity index (χ2v) is 5.23. The van der Waals surface area contributed by atoms with Crippen LogP contribution in [0.25, 0.3) is 0 Å². The zero-order chi connectivity index (χ0) is 15.2. The van der Waals surface area contributed by atoms with Gasteiger partial charge in [0.05, 0.1) is 6.42 Å². The van der Waals surface area contributed by atoms with Crippen molar-refractivity contribution in [2.24, 2.45) is 0 Å². The van der Waals surface area contributed by atoms with Gasteiger partial charge in [0.15, 0.2) is 0 Å². The average molecular weight is 351 g/mol. The Labute approximate surface area is 129 Å². The van der Waals surface area contributed by atoms with Gasteiger partial charge in [0.1, 0.15) is 5.82 Å². The van der Waals surface area contributed by atoms with Gasteiger partial charge in [-0.2, -0.15) is 0 Å². The first-order valence-corrected chi connectivity index (χ1v) is 6.93. The van der Waals surface area contributed by atoms with Gasteiger partial charge >= 0.3 is 0 Å². The Bertz CT molecular complexity index is 642. The highest BCUT2D eigenvalue weighted by atomic mass is 79.9. The van der Waals surface area contributed by atoms with E-state index in [1.54, 1.807) is 24.3 Å². The van der Waals surface area contributed by atoms with Crippen LogP contribution in [0.5, 0.6) is 0 Å². The lowest BCUT2D eigenvalue weighted by molar-refractivity contribution is -0.121. The zero-order valence-electron chi connectivity index (χ0n) is 10.9. The Morgan fingerprint density at radius 3 is 2.19 bits per heavy atom. The van der Waals surface area contributed by atoms with Gasteiger partial charge in [-0.3, -0.25) is 20.4 Å². The van der Waals surface area contributed by atoms with Crippen molar-refractivity contribution < 1.29 is 14.0 Å². The Morgan fingerprint density at radius 1 is 0.952 bits per heavy atom. The predicted molar refractivity (Wildman–Crippen MR) is 79.9 cm³/mol. The standard InChI is InChI=1S/C15H12BrFN2O2/c16-12-5-3-11(4-6-12)15(21)19-18-14(20)9-10-1-7-13(17)8-2-10/h1-8H,9H2,(H,18,20)(H,19,21). The van der Waals surface area contributed by atoms with Crippen molar-refractivity contribution in [3.05, 3.63) is 69.9 Å². The molecule has 0 atom stereocenters. The Morgan fingerprint density at radius 2 is 1.57 bits per heavy atom. The van der Waals surface area contributed by atoms with Crippen LogP contribution < -0.4 is 10.9 Å². The molecule has 0 spiro atoms. The van der Waals surface area contributed by atoms with Gasteiger partial charge in [-0.05, 0) is 42.0 Å². The summed E-state index contributed by atoms with van der Waals surface area (Å²) in [5.74, 6) is -1.15. The minimum absolute atomic E-state index is 0.0564. The van der Waals surface area contributed by atoms with Crippen LogP contribution in [0.4, 0.5) is 4.39 Å². The van der Waals surface area contributed by atoms with Gasteiger partial charge in [0, 0.05) is 10.0 Å². The summed E-state index contributed by atoms with van der Waals surface area (Å²) in [6, 6.07) is 12.3. The van der Waals surface area contributed by atoms with Crippen LogP contribution in [0.1, 0.15) is 15.9 Å². The average Bonchev–Trinajstić information content (AvgIpc) is 2.48. The molecule has 21 heavy (non-hydrogen) atoms. The second kappa shape index (κ2) is 6.99. The van der Waals surface area contributed by atoms with Crippen molar-refractivity contribution in [1.29, 1.82) is 0 Å². The van der Waals surface area contributed by atoms with E-state index >= 15 is 0 Å². The first-order valence-electron chi connectivity index (χ1n) is 6.14. The topological polar surface area (TPSA) is 58.2 Å². The van der Waals surface area contributed by atoms with Crippen LogP contribution in [-0.4, -0.2) is 11.8 Å². The Balaban J connectivity index is 1.84. The molecule has 2 amide bonds. The van der Waals surface area contributed by atoms with Gasteiger partial charge in [-0.25, -0.2) is 4.39 Å². The number of carbonyl (C=O) groups is 2. The van der Waals surface area contributed by atoms with Crippen molar-refractivity contribution in [2.75, 3.05) is 0 Å². The maximum absolute atomic E-state index is 12.7. The smallest absolute Gasteiger partial charge is 0.269 e. The molecule has 2 N–H and O–H groups in total. The van der Waals surface area contributed by atoms with E-state index in [4.69, 9.17) is 0 Å². The molecule has 0 saturated heterocycles. The number of hydrogen-bond acceptors (Lipinski definition) is 2. The Hall–Kier alpha value is -2.21. The van der Waals surface area contributed by atoms with E-state index in [2.05, 4.69) is 26.8 Å². The molecule has 4 nitrogen and oxygen atoms in total. The molecule has 2 aromatic carbocycles. The van der Waals surface area contributed by atoms with Crippen LogP contribution in [0, 0.1) is 5.82 Å². The van der Waals surface area contributed by atoms with Crippen molar-refractivity contribution >= 4 is 27.7 Å². The van der Waals surface area contributed by atoms with Gasteiger partial charge < -0.3 is 0 Å². The maximum Gasteiger partial charge on any atom is 0.269 e. The minimum Gasteiger partial charge on any atom is -0.273 e. The highest BCUT2D eigenvalue weighted by Gasteiger charge is 2.08. The SMILES string of the molecule is O=C(Cc1ccc(F)cc1)NNC(=O)c1ccc(Br)cc1. The van der Waals surface area contributed by atoms with E-state index < -0.39 is 5.91 Å². The summed E-state index contributed by atoms with van der Waals surface area (Å²) < 4.78 is 13.6. The number of hydrazine groups is 1. The van der Waals surface area contributed by atoms with Crippen LogP contribution >= 0.6 is 15.9 Å². The molecule has 0 aliphatic heterocycles. The first-order chi connectivity index (χ1) is 10.0. The van der Waals surface area contributed by atoms with Crippen LogP contribution in [0.3, 0.4) is 0 Å². The molecule has 2 rings (SSSR count). The van der Waals surface area contributed by atoms with Gasteiger partial charge in [0.2, 0.25) is 5.91 Å². The van der Waals surface area contributed by atoms with E-state index in [-0.39, 0.29) is 18.1 Å². The highest BCUT2D eigenvalue weighted by molar-refractivity contribution is 9.10. The molecule has 108 valence electrons. The summed E-state index contributed by atoms with van der Waals surface area (Å²) in [5.41, 5.74) is 5.73. The van der Waals surface area contributed by atoms with Crippen molar-refractivity contribution in [1.82, 2.24) is 10.9 Å². The number of benzene rings is 2. The lowest BCUT2D eigenvalue weighted by Gasteiger charge is -2.07. The monoisotopic (exact) mass is 350 g/mol. The van der Waals surface area contributed by atoms with Crippen molar-refractivity contribution in [3.63, 3.8) is 0 Å². The van der Waals surface area contributed by atoms with E-state index in [9.17, 15) is 14.0 Å². The third-order valence-electron chi connectivity index (χ3n) is 2.70. The number of hydrogen-bond donors (Lipinski definition) is 2. The summed E-state index contributed by atoms with van der Waals surface area (Å²) >= 11 is 3.27. The molecule has 0 unspecified atom stereocenters. The third-order valence-corrected chi connectivity index (χ3v) is 3.23. The summed E-state index contributed by atoms with van der Waals surface area (Å²) in [5, 5.41) is 0. The number of halogens is 2. The molecule has 0 saturated carbocycles. The van der Waals surface area contributed by atoms with E-state index in [0.717, 1.165) is 4.47 Å². The van der Waals surface area contributed by atoms with Crippen LogP contribution in [0.2, 0.25) is 0 Å². The molecule has 2 aromatic rings. The number of amides is 2. The molecule has 0 heterocycles. The Kier molecular flexibility index (Phi) is 5.05. The quantitative estimate of drug-likeness (QED) is 0.836. The predicted octanol–water partition coefficient (Wildman–Crippen LogP) is 2.59. The summed E-state index contributed by atoms with van der Waals surface area (Å²) in [6.45, 7) is 0. The van der Waals surface area contributed by atoms with E-state index in [0.29, 0.717) is 11.1 Å². The maximum atomic E-state index is 12.7. The van der Waals surface area contributed by atoms with Crippen molar-refractivity contribution in [3.8, 4) is 0 Å². The molecule has 0 fully saturated rings. The normalized spacial score (nSPS) is 10.0. The fourth-order valence-electron chi connectivity index (χ4n) is 1.63. The van der Waals surface area contributed by atoms with Gasteiger partial charge in [-0.1, -0.05) is 28.1 Å². The molecule has 0 bridgehead atoms. The highest BCUT2D eigenvalue weighted by Crippen LogP contribution is 2.10. The zero-order valence-corrected chi connectivity index (χ0v) is 12.5. The van der Waals surface area contributed by atoms with Crippen molar-refractivity contribution in [2.45, 2.75) is 6.42 Å². The molecule has 0 radical (unpaired) electrons. The molecule has 0 aliphatic rings. The molecular weight excluding hydrogens is 339 g/mol. The summed E-state index contributed by atoms with van der Waals surface area (Å²) in [6.07, 6.45) is 0.0564. The second-order valence-electron chi connectivity index (χ2n) is 4.31. The molecule has 6 heteroatoms. The summed E-state index contributed by atoms with van der Waals surface area (Å²) in [4.78, 5) is 23.4. The number of nitrogens with one attached hydrogen (secondary N) is 2. The summed E-state index contributed by atoms with van der Waals surface area (Å²) in [7, 11) is 0. The third kappa shape index (κ3) is 4.68. The largest absolute Gasteiger partial charge is 0.273 e.